The zero-order valence-corrected chi connectivity index (χ0v) is 15.4. The van der Waals surface area contributed by atoms with Crippen LogP contribution in [0.5, 0.6) is 0 Å². The van der Waals surface area contributed by atoms with Crippen molar-refractivity contribution in [1.29, 1.82) is 0 Å². The molecule has 134 valence electrons. The maximum atomic E-state index is 12.5. The Hall–Kier alpha value is -1.89. The summed E-state index contributed by atoms with van der Waals surface area (Å²) in [6.07, 6.45) is 0. The van der Waals surface area contributed by atoms with Crippen molar-refractivity contribution in [1.82, 2.24) is 5.16 Å². The van der Waals surface area contributed by atoms with Gasteiger partial charge in [0.05, 0.1) is 0 Å². The zero-order chi connectivity index (χ0) is 17.8. The van der Waals surface area contributed by atoms with Crippen LogP contribution in [-0.4, -0.2) is 43.3 Å². The Bertz CT molecular complexity index is 708. The number of benzene rings is 1. The van der Waals surface area contributed by atoms with Crippen molar-refractivity contribution in [3.63, 3.8) is 0 Å². The lowest BCUT2D eigenvalue weighted by Crippen LogP contribution is -3.29. The lowest BCUT2D eigenvalue weighted by molar-refractivity contribution is -1.02. The van der Waals surface area contributed by atoms with Crippen LogP contribution in [0.15, 0.2) is 34.9 Å². The first-order valence-electron chi connectivity index (χ1n) is 8.68. The first kappa shape index (κ1) is 17.9. The molecule has 1 aliphatic heterocycles. The fraction of sp³-hybridized carbons (Fsp3) is 0.444. The summed E-state index contributed by atoms with van der Waals surface area (Å²) in [5.41, 5.74) is 1.79. The largest absolute Gasteiger partial charge is 0.361 e. The minimum atomic E-state index is -0.0773. The Morgan fingerprint density at radius 1 is 1.28 bits per heavy atom. The molecule has 0 spiro atoms. The molecule has 3 rings (SSSR count). The van der Waals surface area contributed by atoms with Crippen LogP contribution in [-0.2, 0) is 11.3 Å². The molecule has 1 aliphatic rings. The Kier molecular flexibility index (Phi) is 5.73. The number of nitrogens with one attached hydrogen (secondary N) is 3. The van der Waals surface area contributed by atoms with E-state index in [0.29, 0.717) is 5.02 Å². The van der Waals surface area contributed by atoms with E-state index in [-0.39, 0.29) is 11.9 Å². The predicted molar refractivity (Wildman–Crippen MR) is 95.9 cm³/mol. The molecule has 0 unspecified atom stereocenters. The van der Waals surface area contributed by atoms with E-state index in [4.69, 9.17) is 16.1 Å². The van der Waals surface area contributed by atoms with Gasteiger partial charge in [-0.25, -0.2) is 0 Å². The minimum Gasteiger partial charge on any atom is -0.361 e. The molecule has 3 N–H and O–H groups in total. The molecular formula is C18H25ClN4O2+2. The Labute approximate surface area is 152 Å². The third-order valence-electron chi connectivity index (χ3n) is 4.82. The first-order chi connectivity index (χ1) is 12.0. The van der Waals surface area contributed by atoms with Gasteiger partial charge in [0.15, 0.2) is 6.04 Å². The molecule has 2 aromatic rings. The number of piperazine rings is 1. The van der Waals surface area contributed by atoms with E-state index in [1.807, 2.05) is 32.0 Å². The van der Waals surface area contributed by atoms with E-state index >= 15 is 0 Å². The van der Waals surface area contributed by atoms with Gasteiger partial charge >= 0.3 is 0 Å². The average molecular weight is 365 g/mol. The molecule has 6 nitrogen and oxygen atoms in total. The van der Waals surface area contributed by atoms with Crippen LogP contribution >= 0.6 is 11.6 Å². The number of hydrogen-bond acceptors (Lipinski definition) is 3. The lowest BCUT2D eigenvalue weighted by atomic mass is 10.2. The quantitative estimate of drug-likeness (QED) is 0.697. The molecule has 1 atom stereocenters. The second-order valence-electron chi connectivity index (χ2n) is 6.73. The summed E-state index contributed by atoms with van der Waals surface area (Å²) in [7, 11) is 0. The van der Waals surface area contributed by atoms with Gasteiger partial charge in [0.1, 0.15) is 44.2 Å². The maximum absolute atomic E-state index is 12.5. The summed E-state index contributed by atoms with van der Waals surface area (Å²) < 4.78 is 5.13. The van der Waals surface area contributed by atoms with Gasteiger partial charge in [0.2, 0.25) is 0 Å². The third-order valence-corrected chi connectivity index (χ3v) is 5.08. The molecule has 25 heavy (non-hydrogen) atoms. The summed E-state index contributed by atoms with van der Waals surface area (Å²) >= 11 is 5.88. The molecule has 2 heterocycles. The maximum Gasteiger partial charge on any atom is 0.282 e. The normalized spacial score (nSPS) is 21.7. The van der Waals surface area contributed by atoms with Crippen molar-refractivity contribution in [3.05, 3.63) is 46.8 Å². The molecular weight excluding hydrogens is 340 g/mol. The topological polar surface area (TPSA) is 64.0 Å². The van der Waals surface area contributed by atoms with Gasteiger partial charge in [-0.1, -0.05) is 16.8 Å². The summed E-state index contributed by atoms with van der Waals surface area (Å²) in [6.45, 7) is 8.79. The number of rotatable bonds is 5. The fourth-order valence-corrected chi connectivity index (χ4v) is 3.39. The van der Waals surface area contributed by atoms with Gasteiger partial charge in [0.25, 0.3) is 5.91 Å². The molecule has 1 aromatic heterocycles. The van der Waals surface area contributed by atoms with Gasteiger partial charge < -0.3 is 19.6 Å². The van der Waals surface area contributed by atoms with Crippen molar-refractivity contribution < 1.29 is 19.1 Å². The van der Waals surface area contributed by atoms with Crippen LogP contribution in [0.3, 0.4) is 0 Å². The van der Waals surface area contributed by atoms with Crippen LogP contribution in [0.25, 0.3) is 0 Å². The van der Waals surface area contributed by atoms with E-state index in [9.17, 15) is 4.79 Å². The molecule has 1 saturated heterocycles. The van der Waals surface area contributed by atoms with Crippen LogP contribution in [0.2, 0.25) is 5.02 Å². The van der Waals surface area contributed by atoms with Gasteiger partial charge in [-0.05, 0) is 38.1 Å². The van der Waals surface area contributed by atoms with Crippen molar-refractivity contribution in [2.24, 2.45) is 0 Å². The summed E-state index contributed by atoms with van der Waals surface area (Å²) in [5.74, 6) is 0.902. The molecule has 0 radical (unpaired) electrons. The Morgan fingerprint density at radius 3 is 2.56 bits per heavy atom. The van der Waals surface area contributed by atoms with Crippen LogP contribution in [0.1, 0.15) is 18.4 Å². The monoisotopic (exact) mass is 364 g/mol. The number of quaternary nitrogens is 2. The van der Waals surface area contributed by atoms with E-state index in [2.05, 4.69) is 10.5 Å². The van der Waals surface area contributed by atoms with E-state index < -0.39 is 0 Å². The number of anilines is 1. The molecule has 7 heteroatoms. The zero-order valence-electron chi connectivity index (χ0n) is 14.6. The van der Waals surface area contributed by atoms with Gasteiger partial charge in [-0.3, -0.25) is 4.79 Å². The van der Waals surface area contributed by atoms with Crippen molar-refractivity contribution in [2.75, 3.05) is 31.5 Å². The SMILES string of the molecule is Cc1cc(C[NH+]2CC[NH+]([C@H](C)C(=O)Nc3ccc(Cl)cc3)CC2)no1. The number of nitrogens with zero attached hydrogens (tertiary/aromatic N) is 1. The smallest absolute Gasteiger partial charge is 0.282 e. The first-order valence-corrected chi connectivity index (χ1v) is 9.06. The fourth-order valence-electron chi connectivity index (χ4n) is 3.26. The van der Waals surface area contributed by atoms with Crippen molar-refractivity contribution >= 4 is 23.2 Å². The summed E-state index contributed by atoms with van der Waals surface area (Å²) in [6, 6.07) is 9.12. The van der Waals surface area contributed by atoms with E-state index in [1.54, 1.807) is 12.1 Å². The number of carbonyl (C=O) groups is 1. The highest BCUT2D eigenvalue weighted by atomic mass is 35.5. The van der Waals surface area contributed by atoms with E-state index in [0.717, 1.165) is 49.9 Å². The highest BCUT2D eigenvalue weighted by Gasteiger charge is 2.31. The lowest BCUT2D eigenvalue weighted by Gasteiger charge is -2.32. The standard InChI is InChI=1S/C18H23ClN4O2/c1-13-11-17(21-25-13)12-22-7-9-23(10-8-22)14(2)18(24)20-16-5-3-15(19)4-6-16/h3-6,11,14H,7-10,12H2,1-2H3,(H,20,24)/p+2/t14-/m1/s1. The molecule has 0 bridgehead atoms. The van der Waals surface area contributed by atoms with Crippen LogP contribution in [0.4, 0.5) is 5.69 Å². The average Bonchev–Trinajstić information content (AvgIpc) is 3.02. The molecule has 1 fully saturated rings. The molecule has 1 aromatic carbocycles. The van der Waals surface area contributed by atoms with Crippen LogP contribution < -0.4 is 15.1 Å². The van der Waals surface area contributed by atoms with Gasteiger partial charge in [0, 0.05) is 16.8 Å². The number of halogens is 1. The number of aryl methyl sites for hydroxylation is 1. The van der Waals surface area contributed by atoms with Crippen molar-refractivity contribution in [2.45, 2.75) is 26.4 Å². The van der Waals surface area contributed by atoms with Crippen LogP contribution in [0, 0.1) is 6.92 Å². The van der Waals surface area contributed by atoms with Gasteiger partial charge in [-0.2, -0.15) is 0 Å². The number of aromatic nitrogens is 1. The second kappa shape index (κ2) is 7.99. The highest BCUT2D eigenvalue weighted by molar-refractivity contribution is 6.30. The molecule has 1 amide bonds. The summed E-state index contributed by atoms with van der Waals surface area (Å²) in [5, 5.41) is 7.71. The molecule has 0 saturated carbocycles. The number of carbonyl (C=O) groups excluding carboxylic acids is 1. The Morgan fingerprint density at radius 2 is 1.96 bits per heavy atom. The Balaban J connectivity index is 1.48. The predicted octanol–water partition coefficient (Wildman–Crippen LogP) is -0.0530. The van der Waals surface area contributed by atoms with Gasteiger partial charge in [-0.15, -0.1) is 0 Å². The second-order valence-corrected chi connectivity index (χ2v) is 7.17. The minimum absolute atomic E-state index is 0.0490. The van der Waals surface area contributed by atoms with E-state index in [1.165, 1.54) is 9.80 Å². The molecule has 0 aliphatic carbocycles. The number of hydrogen-bond donors (Lipinski definition) is 3. The highest BCUT2D eigenvalue weighted by Crippen LogP contribution is 2.13. The number of amides is 1. The van der Waals surface area contributed by atoms with Crippen molar-refractivity contribution in [3.8, 4) is 0 Å². The third kappa shape index (κ3) is 4.81. The summed E-state index contributed by atoms with van der Waals surface area (Å²) in [4.78, 5) is 15.3.